The van der Waals surface area contributed by atoms with E-state index >= 15 is 0 Å². The van der Waals surface area contributed by atoms with Crippen LogP contribution in [0.25, 0.3) is 0 Å². The van der Waals surface area contributed by atoms with Crippen LogP contribution in [0.5, 0.6) is 5.75 Å². The van der Waals surface area contributed by atoms with E-state index in [4.69, 9.17) is 10.5 Å². The second-order valence-corrected chi connectivity index (χ2v) is 5.14. The van der Waals surface area contributed by atoms with Crippen LogP contribution in [-0.4, -0.2) is 25.7 Å². The number of hydrogen-bond acceptors (Lipinski definition) is 5. The molecule has 0 radical (unpaired) electrons. The van der Waals surface area contributed by atoms with Crippen LogP contribution in [0.1, 0.15) is 0 Å². The summed E-state index contributed by atoms with van der Waals surface area (Å²) in [5.41, 5.74) is 6.38. The number of aromatic amines is 1. The van der Waals surface area contributed by atoms with Crippen LogP contribution in [0, 0.1) is 0 Å². The number of nitrogens with one attached hydrogen (secondary N) is 2. The molecule has 2 rings (SSSR count). The molecule has 0 bridgehead atoms. The van der Waals surface area contributed by atoms with Crippen molar-refractivity contribution in [1.29, 1.82) is 0 Å². The van der Waals surface area contributed by atoms with Gasteiger partial charge in [-0.3, -0.25) is 9.82 Å². The van der Waals surface area contributed by atoms with Crippen LogP contribution in [0.2, 0.25) is 0 Å². The van der Waals surface area contributed by atoms with Gasteiger partial charge in [-0.2, -0.15) is 13.5 Å². The van der Waals surface area contributed by atoms with Crippen molar-refractivity contribution in [3.63, 3.8) is 0 Å². The van der Waals surface area contributed by atoms with E-state index in [0.717, 1.165) is 0 Å². The van der Waals surface area contributed by atoms with Gasteiger partial charge in [0.1, 0.15) is 5.75 Å². The standard InChI is InChI=1S/C10H12N4O3S/c1-17-9-6-7(11)2-3-8(9)14-18(15,16)10-4-5-12-13-10/h2-6,14H,11H2,1H3,(H,12,13). The third-order valence-corrected chi connectivity index (χ3v) is 3.53. The Morgan fingerprint density at radius 3 is 2.78 bits per heavy atom. The number of nitrogen functional groups attached to an aromatic ring is 1. The Morgan fingerprint density at radius 1 is 1.39 bits per heavy atom. The fraction of sp³-hybridized carbons (Fsp3) is 0.100. The molecular formula is C10H12N4O3S. The summed E-state index contributed by atoms with van der Waals surface area (Å²) in [5, 5.41) is 5.95. The number of anilines is 2. The molecule has 0 aliphatic heterocycles. The quantitative estimate of drug-likeness (QED) is 0.710. The number of sulfonamides is 1. The number of methoxy groups -OCH3 is 1. The molecule has 0 aliphatic rings. The Kier molecular flexibility index (Phi) is 3.11. The molecule has 8 heteroatoms. The van der Waals surface area contributed by atoms with Crippen molar-refractivity contribution in [2.75, 3.05) is 17.6 Å². The normalized spacial score (nSPS) is 11.2. The lowest BCUT2D eigenvalue weighted by Gasteiger charge is -2.11. The number of H-pyrrole nitrogens is 1. The average Bonchev–Trinajstić information content (AvgIpc) is 2.85. The van der Waals surface area contributed by atoms with E-state index in [1.54, 1.807) is 6.07 Å². The van der Waals surface area contributed by atoms with Gasteiger partial charge in [-0.1, -0.05) is 0 Å². The first-order valence-corrected chi connectivity index (χ1v) is 6.47. The maximum absolute atomic E-state index is 11.9. The number of rotatable bonds is 4. The number of nitrogens with zero attached hydrogens (tertiary/aromatic N) is 1. The monoisotopic (exact) mass is 268 g/mol. The SMILES string of the molecule is COc1cc(N)ccc1NS(=O)(=O)c1ccn[nH]1. The summed E-state index contributed by atoms with van der Waals surface area (Å²) < 4.78 is 31.3. The Bertz CT molecular complexity index is 637. The third-order valence-electron chi connectivity index (χ3n) is 2.23. The minimum Gasteiger partial charge on any atom is -0.494 e. The van der Waals surface area contributed by atoms with Gasteiger partial charge in [0.25, 0.3) is 10.0 Å². The van der Waals surface area contributed by atoms with Crippen LogP contribution in [0.3, 0.4) is 0 Å². The second-order valence-electron chi connectivity index (χ2n) is 3.49. The highest BCUT2D eigenvalue weighted by molar-refractivity contribution is 7.92. The van der Waals surface area contributed by atoms with E-state index in [1.165, 1.54) is 31.5 Å². The van der Waals surface area contributed by atoms with E-state index < -0.39 is 10.0 Å². The van der Waals surface area contributed by atoms with Crippen LogP contribution in [-0.2, 0) is 10.0 Å². The summed E-state index contributed by atoms with van der Waals surface area (Å²) in [6, 6.07) is 5.99. The topological polar surface area (TPSA) is 110 Å². The van der Waals surface area contributed by atoms with Crippen molar-refractivity contribution in [3.05, 3.63) is 30.5 Å². The number of benzene rings is 1. The molecule has 4 N–H and O–H groups in total. The van der Waals surface area contributed by atoms with Crippen LogP contribution in [0.4, 0.5) is 11.4 Å². The van der Waals surface area contributed by atoms with Gasteiger partial charge in [0.15, 0.2) is 5.03 Å². The molecule has 0 saturated carbocycles. The molecule has 0 saturated heterocycles. The maximum Gasteiger partial charge on any atom is 0.278 e. The van der Waals surface area contributed by atoms with Gasteiger partial charge in [0.2, 0.25) is 0 Å². The molecule has 1 heterocycles. The molecule has 1 aromatic carbocycles. The molecule has 0 spiro atoms. The summed E-state index contributed by atoms with van der Waals surface area (Å²) in [6.07, 6.45) is 1.36. The zero-order valence-corrected chi connectivity index (χ0v) is 10.4. The summed E-state index contributed by atoms with van der Waals surface area (Å²) in [6.45, 7) is 0. The van der Waals surface area contributed by atoms with Crippen molar-refractivity contribution >= 4 is 21.4 Å². The Labute approximate surface area is 104 Å². The Balaban J connectivity index is 2.35. The zero-order valence-electron chi connectivity index (χ0n) is 9.54. The van der Waals surface area contributed by atoms with Gasteiger partial charge in [-0.15, -0.1) is 0 Å². The molecule has 2 aromatic rings. The Morgan fingerprint density at radius 2 is 2.17 bits per heavy atom. The van der Waals surface area contributed by atoms with Gasteiger partial charge in [0, 0.05) is 11.8 Å². The van der Waals surface area contributed by atoms with Crippen molar-refractivity contribution in [3.8, 4) is 5.75 Å². The highest BCUT2D eigenvalue weighted by Gasteiger charge is 2.17. The molecule has 0 aliphatic carbocycles. The van der Waals surface area contributed by atoms with Crippen molar-refractivity contribution in [2.24, 2.45) is 0 Å². The van der Waals surface area contributed by atoms with Gasteiger partial charge >= 0.3 is 0 Å². The molecule has 18 heavy (non-hydrogen) atoms. The molecule has 0 amide bonds. The summed E-state index contributed by atoms with van der Waals surface area (Å²) >= 11 is 0. The van der Waals surface area contributed by atoms with Gasteiger partial charge in [-0.05, 0) is 18.2 Å². The lowest BCUT2D eigenvalue weighted by Crippen LogP contribution is -2.14. The minimum atomic E-state index is -3.70. The highest BCUT2D eigenvalue weighted by Crippen LogP contribution is 2.28. The van der Waals surface area contributed by atoms with E-state index in [2.05, 4.69) is 14.9 Å². The van der Waals surface area contributed by atoms with E-state index in [1.807, 2.05) is 0 Å². The zero-order chi connectivity index (χ0) is 13.2. The average molecular weight is 268 g/mol. The molecule has 7 nitrogen and oxygen atoms in total. The first kappa shape index (κ1) is 12.2. The number of nitrogens with two attached hydrogens (primary N) is 1. The summed E-state index contributed by atoms with van der Waals surface area (Å²) in [7, 11) is -2.27. The molecular weight excluding hydrogens is 256 g/mol. The fourth-order valence-corrected chi connectivity index (χ4v) is 2.37. The first-order chi connectivity index (χ1) is 8.53. The predicted octanol–water partition coefficient (Wildman–Crippen LogP) is 0.801. The second kappa shape index (κ2) is 4.57. The molecule has 1 aromatic heterocycles. The minimum absolute atomic E-state index is 0.0265. The van der Waals surface area contributed by atoms with Gasteiger partial charge < -0.3 is 10.5 Å². The van der Waals surface area contributed by atoms with Crippen molar-refractivity contribution < 1.29 is 13.2 Å². The maximum atomic E-state index is 11.9. The van der Waals surface area contributed by atoms with Crippen LogP contribution < -0.4 is 15.2 Å². The van der Waals surface area contributed by atoms with E-state index in [9.17, 15) is 8.42 Å². The van der Waals surface area contributed by atoms with E-state index in [-0.39, 0.29) is 5.03 Å². The lowest BCUT2D eigenvalue weighted by atomic mass is 10.2. The van der Waals surface area contributed by atoms with Crippen LogP contribution in [0.15, 0.2) is 35.5 Å². The predicted molar refractivity (Wildman–Crippen MR) is 66.8 cm³/mol. The van der Waals surface area contributed by atoms with Gasteiger partial charge in [0.05, 0.1) is 19.0 Å². The first-order valence-electron chi connectivity index (χ1n) is 4.98. The highest BCUT2D eigenvalue weighted by atomic mass is 32.2. The van der Waals surface area contributed by atoms with Crippen LogP contribution >= 0.6 is 0 Å². The number of ether oxygens (including phenoxy) is 1. The fourth-order valence-electron chi connectivity index (χ4n) is 1.38. The van der Waals surface area contributed by atoms with Gasteiger partial charge in [-0.25, -0.2) is 0 Å². The number of aromatic nitrogens is 2. The largest absolute Gasteiger partial charge is 0.494 e. The van der Waals surface area contributed by atoms with Crippen molar-refractivity contribution in [2.45, 2.75) is 5.03 Å². The third kappa shape index (κ3) is 2.38. The summed E-state index contributed by atoms with van der Waals surface area (Å²) in [5.74, 6) is 0.345. The van der Waals surface area contributed by atoms with E-state index in [0.29, 0.717) is 17.1 Å². The Hall–Kier alpha value is -2.22. The lowest BCUT2D eigenvalue weighted by molar-refractivity contribution is 0.417. The summed E-state index contributed by atoms with van der Waals surface area (Å²) in [4.78, 5) is 0. The van der Waals surface area contributed by atoms with Crippen molar-refractivity contribution in [1.82, 2.24) is 10.2 Å². The molecule has 0 fully saturated rings. The number of hydrogen-bond donors (Lipinski definition) is 3. The molecule has 96 valence electrons. The smallest absolute Gasteiger partial charge is 0.278 e. The molecule has 0 atom stereocenters. The molecule has 0 unspecified atom stereocenters.